The number of allylic oxidation sites excluding steroid dienone is 3. The number of benzene rings is 3. The van der Waals surface area contributed by atoms with Crippen LogP contribution in [0.3, 0.4) is 0 Å². The van der Waals surface area contributed by atoms with E-state index in [4.69, 9.17) is 5.11 Å². The highest BCUT2D eigenvalue weighted by atomic mass is 79.9. The standard InChI is InChI=1S/C24H21Br2N3O3/c1-15(8-21(25)24(32)22(26)14-30)12-28-29-23(31)13-27-20-7-6-18-9-16-4-2-3-5-17(16)10-19(18)11-20/h2-12,27,30,32H,1,13-14H2,(H,29,31)/b21-8+,24-22-,28-12+. The lowest BCUT2D eigenvalue weighted by atomic mass is 10.0. The van der Waals surface area contributed by atoms with E-state index in [-0.39, 0.29) is 29.3 Å². The maximum absolute atomic E-state index is 12.1. The van der Waals surface area contributed by atoms with Crippen molar-refractivity contribution in [2.75, 3.05) is 18.5 Å². The molecule has 0 atom stereocenters. The molecule has 0 radical (unpaired) electrons. The molecule has 32 heavy (non-hydrogen) atoms. The molecule has 0 saturated heterocycles. The molecule has 1 amide bonds. The van der Waals surface area contributed by atoms with Crippen molar-refractivity contribution in [3.8, 4) is 0 Å². The highest BCUT2D eigenvalue weighted by Crippen LogP contribution is 2.25. The Morgan fingerprint density at radius 1 is 1.03 bits per heavy atom. The van der Waals surface area contributed by atoms with E-state index in [9.17, 15) is 9.90 Å². The largest absolute Gasteiger partial charge is 0.506 e. The number of halogens is 2. The van der Waals surface area contributed by atoms with Gasteiger partial charge in [0.2, 0.25) is 0 Å². The summed E-state index contributed by atoms with van der Waals surface area (Å²) in [5.74, 6) is -0.472. The van der Waals surface area contributed by atoms with Gasteiger partial charge in [0, 0.05) is 5.69 Å². The lowest BCUT2D eigenvalue weighted by Crippen LogP contribution is -2.25. The fourth-order valence-corrected chi connectivity index (χ4v) is 3.94. The number of anilines is 1. The predicted octanol–water partition coefficient (Wildman–Crippen LogP) is 5.50. The quantitative estimate of drug-likeness (QED) is 0.0965. The second-order valence-corrected chi connectivity index (χ2v) is 8.70. The zero-order valence-corrected chi connectivity index (χ0v) is 20.1. The van der Waals surface area contributed by atoms with Crippen LogP contribution in [0.1, 0.15) is 0 Å². The Morgan fingerprint density at radius 2 is 1.69 bits per heavy atom. The molecule has 8 heteroatoms. The maximum atomic E-state index is 12.1. The topological polar surface area (TPSA) is 94.0 Å². The van der Waals surface area contributed by atoms with Crippen LogP contribution in [0.15, 0.2) is 92.7 Å². The smallest absolute Gasteiger partial charge is 0.259 e. The molecule has 3 aromatic carbocycles. The van der Waals surface area contributed by atoms with Gasteiger partial charge in [-0.15, -0.1) is 0 Å². The summed E-state index contributed by atoms with van der Waals surface area (Å²) >= 11 is 6.23. The number of amides is 1. The third kappa shape index (κ3) is 6.29. The minimum atomic E-state index is -0.341. The van der Waals surface area contributed by atoms with Crippen molar-refractivity contribution in [3.05, 3.63) is 87.5 Å². The van der Waals surface area contributed by atoms with E-state index < -0.39 is 0 Å². The van der Waals surface area contributed by atoms with Crippen molar-refractivity contribution in [1.82, 2.24) is 5.43 Å². The molecule has 3 aromatic rings. The molecular formula is C24H21Br2N3O3. The second-order valence-electron chi connectivity index (χ2n) is 6.89. The van der Waals surface area contributed by atoms with Gasteiger partial charge in [-0.05, 0) is 89.3 Å². The number of carbonyl (C=O) groups excluding carboxylic acids is 1. The number of aliphatic hydroxyl groups is 2. The van der Waals surface area contributed by atoms with E-state index in [1.54, 1.807) is 0 Å². The molecule has 0 aliphatic heterocycles. The number of nitrogens with zero attached hydrogens (tertiary/aromatic N) is 1. The van der Waals surface area contributed by atoms with Crippen molar-refractivity contribution >= 4 is 71.2 Å². The van der Waals surface area contributed by atoms with E-state index in [1.807, 2.05) is 30.3 Å². The number of fused-ring (bicyclic) bond motifs is 2. The van der Waals surface area contributed by atoms with Crippen molar-refractivity contribution in [1.29, 1.82) is 0 Å². The third-order valence-corrected chi connectivity index (χ3v) is 5.74. The fourth-order valence-electron chi connectivity index (χ4n) is 2.93. The fraction of sp³-hybridized carbons (Fsp3) is 0.0833. The highest BCUT2D eigenvalue weighted by Gasteiger charge is 2.06. The van der Waals surface area contributed by atoms with Gasteiger partial charge in [-0.3, -0.25) is 4.79 Å². The second kappa shape index (κ2) is 11.1. The first-order valence-corrected chi connectivity index (χ1v) is 11.2. The Kier molecular flexibility index (Phi) is 8.21. The molecule has 0 heterocycles. The summed E-state index contributed by atoms with van der Waals surface area (Å²) in [6.45, 7) is 3.48. The predicted molar refractivity (Wildman–Crippen MR) is 138 cm³/mol. The molecule has 0 spiro atoms. The van der Waals surface area contributed by atoms with Gasteiger partial charge in [0.15, 0.2) is 0 Å². The lowest BCUT2D eigenvalue weighted by Gasteiger charge is -2.08. The molecular weight excluding hydrogens is 538 g/mol. The molecule has 0 aliphatic rings. The minimum Gasteiger partial charge on any atom is -0.506 e. The van der Waals surface area contributed by atoms with Crippen molar-refractivity contribution in [2.45, 2.75) is 0 Å². The summed E-state index contributed by atoms with van der Waals surface area (Å²) in [6, 6.07) is 18.4. The summed E-state index contributed by atoms with van der Waals surface area (Å²) in [6.07, 6.45) is 2.85. The van der Waals surface area contributed by atoms with Gasteiger partial charge in [-0.2, -0.15) is 5.10 Å². The molecule has 3 rings (SSSR count). The van der Waals surface area contributed by atoms with Gasteiger partial charge in [0.25, 0.3) is 5.91 Å². The average molecular weight is 559 g/mol. The van der Waals surface area contributed by atoms with Gasteiger partial charge in [-0.25, -0.2) is 5.43 Å². The summed E-state index contributed by atoms with van der Waals surface area (Å²) in [7, 11) is 0. The van der Waals surface area contributed by atoms with E-state index in [1.165, 1.54) is 17.7 Å². The van der Waals surface area contributed by atoms with Crippen LogP contribution in [0.2, 0.25) is 0 Å². The monoisotopic (exact) mass is 557 g/mol. The first kappa shape index (κ1) is 23.7. The first-order valence-electron chi connectivity index (χ1n) is 9.60. The molecule has 0 bridgehead atoms. The average Bonchev–Trinajstić information content (AvgIpc) is 2.80. The summed E-state index contributed by atoms with van der Waals surface area (Å²) in [4.78, 5) is 12.1. The molecule has 6 nitrogen and oxygen atoms in total. The summed E-state index contributed by atoms with van der Waals surface area (Å²) in [5.41, 5.74) is 3.68. The highest BCUT2D eigenvalue weighted by molar-refractivity contribution is 9.12. The van der Waals surface area contributed by atoms with Crippen LogP contribution in [0.4, 0.5) is 5.69 Å². The van der Waals surface area contributed by atoms with Gasteiger partial charge in [0.05, 0.1) is 28.3 Å². The van der Waals surface area contributed by atoms with Crippen LogP contribution in [-0.4, -0.2) is 35.5 Å². The Balaban J connectivity index is 1.56. The SMILES string of the molecule is C=C(/C=N/NC(=O)CNc1ccc2cc3ccccc3cc2c1)/C=C(Br)\C(O)=C(\Br)CO. The van der Waals surface area contributed by atoms with Crippen LogP contribution in [0, 0.1) is 0 Å². The normalized spacial score (nSPS) is 12.8. The first-order chi connectivity index (χ1) is 15.4. The molecule has 4 N–H and O–H groups in total. The molecule has 0 aromatic heterocycles. The zero-order valence-electron chi connectivity index (χ0n) is 17.0. The Morgan fingerprint density at radius 3 is 2.38 bits per heavy atom. The van der Waals surface area contributed by atoms with E-state index in [0.717, 1.165) is 21.8 Å². The van der Waals surface area contributed by atoms with Crippen LogP contribution >= 0.6 is 31.9 Å². The van der Waals surface area contributed by atoms with E-state index in [0.29, 0.717) is 10.1 Å². The molecule has 0 saturated carbocycles. The molecule has 0 unspecified atom stereocenters. The van der Waals surface area contributed by atoms with Crippen LogP contribution in [0.25, 0.3) is 21.5 Å². The number of hydrazone groups is 1. The van der Waals surface area contributed by atoms with Crippen LogP contribution < -0.4 is 10.7 Å². The van der Waals surface area contributed by atoms with Gasteiger partial charge < -0.3 is 15.5 Å². The van der Waals surface area contributed by atoms with Crippen LogP contribution in [0.5, 0.6) is 0 Å². The van der Waals surface area contributed by atoms with E-state index in [2.05, 4.69) is 78.5 Å². The van der Waals surface area contributed by atoms with E-state index >= 15 is 0 Å². The number of hydrogen-bond donors (Lipinski definition) is 4. The third-order valence-electron chi connectivity index (χ3n) is 4.51. The Hall–Kier alpha value is -2.94. The number of nitrogens with one attached hydrogen (secondary N) is 2. The van der Waals surface area contributed by atoms with Gasteiger partial charge in [-0.1, -0.05) is 36.9 Å². The van der Waals surface area contributed by atoms with Crippen LogP contribution in [-0.2, 0) is 4.79 Å². The van der Waals surface area contributed by atoms with Crippen molar-refractivity contribution in [2.24, 2.45) is 5.10 Å². The number of carbonyl (C=O) groups is 1. The molecule has 0 aliphatic carbocycles. The Bertz CT molecular complexity index is 1270. The number of rotatable bonds is 8. The van der Waals surface area contributed by atoms with Gasteiger partial charge in [0.1, 0.15) is 5.76 Å². The molecule has 164 valence electrons. The number of hydrogen-bond acceptors (Lipinski definition) is 5. The molecule has 0 fully saturated rings. The van der Waals surface area contributed by atoms with Gasteiger partial charge >= 0.3 is 0 Å². The maximum Gasteiger partial charge on any atom is 0.259 e. The summed E-state index contributed by atoms with van der Waals surface area (Å²) in [5, 5.41) is 30.4. The zero-order chi connectivity index (χ0) is 23.1. The summed E-state index contributed by atoms with van der Waals surface area (Å²) < 4.78 is 0.540. The van der Waals surface area contributed by atoms with Crippen molar-refractivity contribution < 1.29 is 15.0 Å². The van der Waals surface area contributed by atoms with Crippen molar-refractivity contribution in [3.63, 3.8) is 0 Å². The Labute approximate surface area is 202 Å². The number of aliphatic hydroxyl groups excluding tert-OH is 2. The lowest BCUT2D eigenvalue weighted by molar-refractivity contribution is -0.119. The minimum absolute atomic E-state index is 0.0510.